The second-order valence-electron chi connectivity index (χ2n) is 5.17. The van der Waals surface area contributed by atoms with Crippen LogP contribution in [0.2, 0.25) is 0 Å². The molecule has 0 unspecified atom stereocenters. The lowest BCUT2D eigenvalue weighted by Crippen LogP contribution is -2.27. The van der Waals surface area contributed by atoms with Crippen LogP contribution in [0.1, 0.15) is 51.9 Å². The Morgan fingerprint density at radius 3 is 2.39 bits per heavy atom. The minimum atomic E-state index is -4.17. The van der Waals surface area contributed by atoms with E-state index in [0.29, 0.717) is 12.3 Å². The first-order chi connectivity index (χ1) is 8.41. The Balaban J connectivity index is 2.39. The molecule has 0 aromatic heterocycles. The first-order valence-electron chi connectivity index (χ1n) is 6.53. The first kappa shape index (κ1) is 15.7. The number of hydrogen-bond donors (Lipinski definition) is 0. The van der Waals surface area contributed by atoms with E-state index in [2.05, 4.69) is 13.0 Å². The van der Waals surface area contributed by atoms with Crippen molar-refractivity contribution in [2.45, 2.75) is 57.4 Å². The minimum Gasteiger partial charge on any atom is -0.198 e. The van der Waals surface area contributed by atoms with Gasteiger partial charge in [0.2, 0.25) is 0 Å². The van der Waals surface area contributed by atoms with E-state index in [1.807, 2.05) is 0 Å². The molecule has 0 saturated heterocycles. The molecule has 0 spiro atoms. The molecule has 1 saturated carbocycles. The largest absolute Gasteiger partial charge is 0.441 e. The van der Waals surface area contributed by atoms with Crippen LogP contribution in [0.3, 0.4) is 0 Å². The Labute approximate surface area is 111 Å². The highest BCUT2D eigenvalue weighted by Gasteiger charge is 2.36. The van der Waals surface area contributed by atoms with Crippen LogP contribution in [0.15, 0.2) is 0 Å². The maximum atomic E-state index is 12.1. The molecule has 0 aromatic carbocycles. The second kappa shape index (κ2) is 6.70. The second-order valence-corrected chi connectivity index (χ2v) is 6.33. The third kappa shape index (κ3) is 5.09. The van der Waals surface area contributed by atoms with Gasteiger partial charge < -0.3 is 0 Å². The Hall–Kier alpha value is -0.370. The predicted molar refractivity (Wildman–Crippen MR) is 68.0 cm³/mol. The Bertz CT molecular complexity index is 288. The molecule has 1 fully saturated rings. The van der Waals surface area contributed by atoms with Crippen molar-refractivity contribution >= 4 is 11.8 Å². The van der Waals surface area contributed by atoms with Crippen molar-refractivity contribution in [2.24, 2.45) is 11.3 Å². The van der Waals surface area contributed by atoms with Gasteiger partial charge in [0.1, 0.15) is 0 Å². The van der Waals surface area contributed by atoms with Crippen molar-refractivity contribution in [3.63, 3.8) is 0 Å². The standard InChI is InChI=1S/C13H20F3NS/c1-2-3-11-4-6-12(10-17,7-5-11)8-9-18-13(14,15)16/h11H,2-9H2,1H3. The van der Waals surface area contributed by atoms with Crippen molar-refractivity contribution in [3.8, 4) is 6.07 Å². The lowest BCUT2D eigenvalue weighted by Gasteiger charge is -2.35. The third-order valence-electron chi connectivity index (χ3n) is 3.84. The van der Waals surface area contributed by atoms with Crippen molar-refractivity contribution in [1.29, 1.82) is 5.26 Å². The molecule has 0 aromatic rings. The Morgan fingerprint density at radius 1 is 1.33 bits per heavy atom. The van der Waals surface area contributed by atoms with Gasteiger partial charge in [-0.25, -0.2) is 0 Å². The summed E-state index contributed by atoms with van der Waals surface area (Å²) < 4.78 is 36.2. The molecule has 0 atom stereocenters. The molecule has 0 aliphatic heterocycles. The molecule has 5 heteroatoms. The van der Waals surface area contributed by atoms with E-state index >= 15 is 0 Å². The molecule has 1 aliphatic rings. The molecule has 0 amide bonds. The zero-order chi connectivity index (χ0) is 13.6. The van der Waals surface area contributed by atoms with E-state index in [9.17, 15) is 18.4 Å². The number of hydrogen-bond acceptors (Lipinski definition) is 2. The summed E-state index contributed by atoms with van der Waals surface area (Å²) in [5.74, 6) is 0.682. The summed E-state index contributed by atoms with van der Waals surface area (Å²) in [4.78, 5) is 0. The van der Waals surface area contributed by atoms with Crippen LogP contribution in [0.4, 0.5) is 13.2 Å². The fourth-order valence-corrected chi connectivity index (χ4v) is 3.43. The van der Waals surface area contributed by atoms with Crippen molar-refractivity contribution in [1.82, 2.24) is 0 Å². The molecule has 0 N–H and O–H groups in total. The summed E-state index contributed by atoms with van der Waals surface area (Å²) in [6, 6.07) is 2.29. The lowest BCUT2D eigenvalue weighted by molar-refractivity contribution is -0.0329. The van der Waals surface area contributed by atoms with Gasteiger partial charge in [0.25, 0.3) is 0 Å². The molecular formula is C13H20F3NS. The molecule has 1 rings (SSSR count). The van der Waals surface area contributed by atoms with Crippen LogP contribution in [-0.4, -0.2) is 11.3 Å². The molecular weight excluding hydrogens is 259 g/mol. The Morgan fingerprint density at radius 2 is 1.94 bits per heavy atom. The van der Waals surface area contributed by atoms with Crippen LogP contribution in [-0.2, 0) is 0 Å². The van der Waals surface area contributed by atoms with E-state index in [0.717, 1.165) is 32.1 Å². The van der Waals surface area contributed by atoms with Crippen molar-refractivity contribution in [3.05, 3.63) is 0 Å². The topological polar surface area (TPSA) is 23.8 Å². The fourth-order valence-electron chi connectivity index (χ4n) is 2.71. The van der Waals surface area contributed by atoms with Crippen LogP contribution < -0.4 is 0 Å². The van der Waals surface area contributed by atoms with Crippen LogP contribution in [0, 0.1) is 22.7 Å². The number of halogens is 3. The van der Waals surface area contributed by atoms with Crippen molar-refractivity contribution < 1.29 is 13.2 Å². The predicted octanol–water partition coefficient (Wildman–Crippen LogP) is 5.13. The van der Waals surface area contributed by atoms with Gasteiger partial charge >= 0.3 is 5.51 Å². The molecule has 18 heavy (non-hydrogen) atoms. The fraction of sp³-hybridized carbons (Fsp3) is 0.923. The number of alkyl halides is 3. The van der Waals surface area contributed by atoms with Crippen molar-refractivity contribution in [2.75, 3.05) is 5.75 Å². The smallest absolute Gasteiger partial charge is 0.198 e. The lowest BCUT2D eigenvalue weighted by atomic mass is 9.69. The number of thioether (sulfide) groups is 1. The Kier molecular flexibility index (Phi) is 5.84. The van der Waals surface area contributed by atoms with Crippen LogP contribution in [0.5, 0.6) is 0 Å². The summed E-state index contributed by atoms with van der Waals surface area (Å²) in [7, 11) is 0. The van der Waals surface area contributed by atoms with Gasteiger partial charge in [0, 0.05) is 5.75 Å². The SMILES string of the molecule is CCCC1CCC(C#N)(CCSC(F)(F)F)CC1. The van der Waals surface area contributed by atoms with E-state index in [1.54, 1.807) is 0 Å². The number of nitriles is 1. The molecule has 0 bridgehead atoms. The summed E-state index contributed by atoms with van der Waals surface area (Å²) in [5.41, 5.74) is -4.67. The summed E-state index contributed by atoms with van der Waals surface area (Å²) in [6.45, 7) is 2.14. The minimum absolute atomic E-state index is 0.00108. The first-order valence-corrected chi connectivity index (χ1v) is 7.51. The van der Waals surface area contributed by atoms with E-state index in [4.69, 9.17) is 0 Å². The molecule has 1 aliphatic carbocycles. The zero-order valence-electron chi connectivity index (χ0n) is 10.7. The average molecular weight is 279 g/mol. The number of rotatable bonds is 5. The monoisotopic (exact) mass is 279 g/mol. The van der Waals surface area contributed by atoms with Gasteiger partial charge in [0.05, 0.1) is 11.5 Å². The summed E-state index contributed by atoms with van der Waals surface area (Å²) in [5, 5.41) is 9.25. The molecule has 0 radical (unpaired) electrons. The third-order valence-corrected chi connectivity index (χ3v) is 4.58. The average Bonchev–Trinajstić information content (AvgIpc) is 2.30. The van der Waals surface area contributed by atoms with Gasteiger partial charge in [-0.1, -0.05) is 31.5 Å². The highest BCUT2D eigenvalue weighted by atomic mass is 32.2. The zero-order valence-corrected chi connectivity index (χ0v) is 11.5. The summed E-state index contributed by atoms with van der Waals surface area (Å²) in [6.07, 6.45) is 6.23. The van der Waals surface area contributed by atoms with Gasteiger partial charge in [-0.3, -0.25) is 0 Å². The highest BCUT2D eigenvalue weighted by Crippen LogP contribution is 2.44. The highest BCUT2D eigenvalue weighted by molar-refractivity contribution is 8.00. The number of nitrogens with zero attached hydrogens (tertiary/aromatic N) is 1. The molecule has 104 valence electrons. The van der Waals surface area contributed by atoms with E-state index in [1.165, 1.54) is 6.42 Å². The maximum Gasteiger partial charge on any atom is 0.441 e. The van der Waals surface area contributed by atoms with Crippen LogP contribution >= 0.6 is 11.8 Å². The molecule has 1 nitrogen and oxygen atoms in total. The maximum absolute atomic E-state index is 12.1. The van der Waals surface area contributed by atoms with E-state index in [-0.39, 0.29) is 17.5 Å². The van der Waals surface area contributed by atoms with Gasteiger partial charge in [-0.05, 0) is 38.0 Å². The normalized spacial score (nSPS) is 28.9. The van der Waals surface area contributed by atoms with Gasteiger partial charge in [0.15, 0.2) is 0 Å². The van der Waals surface area contributed by atoms with Gasteiger partial charge in [-0.2, -0.15) is 18.4 Å². The summed E-state index contributed by atoms with van der Waals surface area (Å²) >= 11 is 0.00108. The van der Waals surface area contributed by atoms with Gasteiger partial charge in [-0.15, -0.1) is 0 Å². The molecule has 0 heterocycles. The van der Waals surface area contributed by atoms with E-state index < -0.39 is 10.9 Å². The quantitative estimate of drug-likeness (QED) is 0.696. The van der Waals surface area contributed by atoms with Crippen LogP contribution in [0.25, 0.3) is 0 Å².